The molecule has 6 nitrogen and oxygen atoms in total. The molecule has 0 bridgehead atoms. The summed E-state index contributed by atoms with van der Waals surface area (Å²) >= 11 is 0. The third kappa shape index (κ3) is 9.09. The van der Waals surface area contributed by atoms with E-state index in [1.165, 1.54) is 13.8 Å². The molecule has 40 heavy (non-hydrogen) atoms. The zero-order chi connectivity index (χ0) is 29.1. The lowest BCUT2D eigenvalue weighted by Gasteiger charge is -2.16. The van der Waals surface area contributed by atoms with Crippen LogP contribution in [0.5, 0.6) is 17.2 Å². The average Bonchev–Trinajstić information content (AvgIpc) is 2.93. The molecule has 0 aromatic heterocycles. The van der Waals surface area contributed by atoms with Crippen molar-refractivity contribution in [1.29, 1.82) is 0 Å². The summed E-state index contributed by atoms with van der Waals surface area (Å²) in [7, 11) is 0. The molecule has 212 valence electrons. The van der Waals surface area contributed by atoms with Gasteiger partial charge in [-0.2, -0.15) is 0 Å². The second-order valence-corrected chi connectivity index (χ2v) is 10.4. The van der Waals surface area contributed by atoms with Crippen molar-refractivity contribution in [3.63, 3.8) is 0 Å². The summed E-state index contributed by atoms with van der Waals surface area (Å²) in [4.78, 5) is 23.9. The fourth-order valence-electron chi connectivity index (χ4n) is 4.00. The third-order valence-electron chi connectivity index (χ3n) is 6.33. The Bertz CT molecular complexity index is 1280. The summed E-state index contributed by atoms with van der Waals surface area (Å²) in [6.45, 7) is 11.3. The maximum Gasteiger partial charge on any atom is 0.333 e. The highest BCUT2D eigenvalue weighted by Crippen LogP contribution is 2.36. The van der Waals surface area contributed by atoms with Gasteiger partial charge in [0, 0.05) is 11.1 Å². The summed E-state index contributed by atoms with van der Waals surface area (Å²) in [6, 6.07) is 20.9. The van der Waals surface area contributed by atoms with Crippen molar-refractivity contribution in [3.05, 3.63) is 90.0 Å². The number of carbonyl (C=O) groups is 2. The Morgan fingerprint density at radius 3 is 2.15 bits per heavy atom. The Hall–Kier alpha value is -3.90. The van der Waals surface area contributed by atoms with Crippen LogP contribution in [-0.2, 0) is 16.0 Å². The van der Waals surface area contributed by atoms with Crippen molar-refractivity contribution in [1.82, 2.24) is 0 Å². The topological polar surface area (TPSA) is 82.1 Å². The van der Waals surface area contributed by atoms with Crippen LogP contribution < -0.4 is 9.47 Å². The standard InChI is InChI=1S/C34H40O6/c1-6-7-8-21-38-30-20-17-28(26-13-11-25(12-14-26)10-9-22-39-33(36)24(2)3)23-31(30)40-29-18-15-27(16-19-29)32(35)34(4,5)37/h11-20,23,37H,2,6-10,21-22H2,1,3-5H3. The number of carbonyl (C=O) groups excluding carboxylic acids is 2. The van der Waals surface area contributed by atoms with E-state index < -0.39 is 5.60 Å². The number of rotatable bonds is 15. The fourth-order valence-corrected chi connectivity index (χ4v) is 4.00. The molecule has 3 aromatic carbocycles. The Kier molecular flexibility index (Phi) is 11.1. The van der Waals surface area contributed by atoms with Gasteiger partial charge in [-0.05, 0) is 93.1 Å². The van der Waals surface area contributed by atoms with Crippen LogP contribution in [0.4, 0.5) is 0 Å². The van der Waals surface area contributed by atoms with E-state index >= 15 is 0 Å². The van der Waals surface area contributed by atoms with Gasteiger partial charge in [0.2, 0.25) is 0 Å². The first-order valence-corrected chi connectivity index (χ1v) is 13.8. The van der Waals surface area contributed by atoms with E-state index in [2.05, 4.69) is 37.8 Å². The largest absolute Gasteiger partial charge is 0.490 e. The number of hydrogen-bond donors (Lipinski definition) is 1. The van der Waals surface area contributed by atoms with E-state index in [0.29, 0.717) is 41.6 Å². The maximum atomic E-state index is 12.4. The van der Waals surface area contributed by atoms with Gasteiger partial charge >= 0.3 is 5.97 Å². The zero-order valence-corrected chi connectivity index (χ0v) is 24.0. The predicted octanol–water partition coefficient (Wildman–Crippen LogP) is 7.72. The van der Waals surface area contributed by atoms with Gasteiger partial charge in [-0.1, -0.05) is 56.7 Å². The van der Waals surface area contributed by atoms with E-state index in [4.69, 9.17) is 14.2 Å². The van der Waals surface area contributed by atoms with Gasteiger partial charge < -0.3 is 19.3 Å². The normalized spacial score (nSPS) is 11.1. The minimum Gasteiger partial charge on any atom is -0.490 e. The monoisotopic (exact) mass is 544 g/mol. The van der Waals surface area contributed by atoms with Gasteiger partial charge in [0.1, 0.15) is 11.4 Å². The third-order valence-corrected chi connectivity index (χ3v) is 6.33. The number of unbranched alkanes of at least 4 members (excludes halogenated alkanes) is 2. The van der Waals surface area contributed by atoms with Crippen LogP contribution in [0.1, 0.15) is 69.3 Å². The first-order chi connectivity index (χ1) is 19.1. The molecule has 0 aliphatic rings. The first-order valence-electron chi connectivity index (χ1n) is 13.8. The molecule has 0 spiro atoms. The molecule has 6 heteroatoms. The van der Waals surface area contributed by atoms with E-state index in [0.717, 1.165) is 48.8 Å². The van der Waals surface area contributed by atoms with Gasteiger partial charge in [-0.15, -0.1) is 0 Å². The molecule has 0 saturated heterocycles. The van der Waals surface area contributed by atoms with Gasteiger partial charge in [0.05, 0.1) is 13.2 Å². The number of ether oxygens (including phenoxy) is 3. The second kappa shape index (κ2) is 14.5. The van der Waals surface area contributed by atoms with Crippen molar-refractivity contribution < 1.29 is 28.9 Å². The highest BCUT2D eigenvalue weighted by atomic mass is 16.5. The first kappa shape index (κ1) is 30.6. The predicted molar refractivity (Wildman–Crippen MR) is 158 cm³/mol. The number of ketones is 1. The number of benzene rings is 3. The van der Waals surface area contributed by atoms with Gasteiger partial charge in [-0.3, -0.25) is 4.79 Å². The zero-order valence-electron chi connectivity index (χ0n) is 24.0. The van der Waals surface area contributed by atoms with E-state index in [-0.39, 0.29) is 11.8 Å². The Morgan fingerprint density at radius 1 is 0.850 bits per heavy atom. The minimum atomic E-state index is -1.44. The lowest BCUT2D eigenvalue weighted by Crippen LogP contribution is -2.30. The van der Waals surface area contributed by atoms with Crippen LogP contribution in [0.2, 0.25) is 0 Å². The van der Waals surface area contributed by atoms with Crippen LogP contribution >= 0.6 is 0 Å². The van der Waals surface area contributed by atoms with Gasteiger partial charge in [0.15, 0.2) is 17.3 Å². The summed E-state index contributed by atoms with van der Waals surface area (Å²) < 4.78 is 17.5. The van der Waals surface area contributed by atoms with Crippen molar-refractivity contribution in [2.24, 2.45) is 0 Å². The van der Waals surface area contributed by atoms with E-state index in [1.54, 1.807) is 31.2 Å². The molecule has 0 aliphatic carbocycles. The molecule has 0 saturated carbocycles. The molecule has 1 N–H and O–H groups in total. The van der Waals surface area contributed by atoms with Crippen molar-refractivity contribution in [3.8, 4) is 28.4 Å². The Morgan fingerprint density at radius 2 is 1.52 bits per heavy atom. The molecule has 0 fully saturated rings. The molecule has 0 atom stereocenters. The minimum absolute atomic E-state index is 0.350. The van der Waals surface area contributed by atoms with Crippen molar-refractivity contribution in [2.45, 2.75) is 65.4 Å². The van der Waals surface area contributed by atoms with Crippen molar-refractivity contribution in [2.75, 3.05) is 13.2 Å². The van der Waals surface area contributed by atoms with Crippen molar-refractivity contribution >= 4 is 11.8 Å². The lowest BCUT2D eigenvalue weighted by molar-refractivity contribution is -0.139. The molecular formula is C34H40O6. The molecule has 0 aliphatic heterocycles. The lowest BCUT2D eigenvalue weighted by atomic mass is 9.97. The number of aryl methyl sites for hydroxylation is 1. The molecular weight excluding hydrogens is 504 g/mol. The van der Waals surface area contributed by atoms with Crippen LogP contribution in [0.25, 0.3) is 11.1 Å². The molecule has 3 rings (SSSR count). The molecule has 0 heterocycles. The number of Topliss-reactive ketones (excluding diaryl/α,β-unsaturated/α-hetero) is 1. The molecule has 0 radical (unpaired) electrons. The maximum absolute atomic E-state index is 12.4. The number of esters is 1. The Labute approximate surface area is 237 Å². The molecule has 0 amide bonds. The summed E-state index contributed by atoms with van der Waals surface area (Å²) in [6.07, 6.45) is 4.69. The quantitative estimate of drug-likeness (QED) is 0.0913. The summed E-state index contributed by atoms with van der Waals surface area (Å²) in [5.41, 5.74) is 2.55. The number of aliphatic hydroxyl groups is 1. The summed E-state index contributed by atoms with van der Waals surface area (Å²) in [5, 5.41) is 10.0. The fraction of sp³-hybridized carbons (Fsp3) is 0.353. The highest BCUT2D eigenvalue weighted by Gasteiger charge is 2.25. The Balaban J connectivity index is 1.75. The number of hydrogen-bond acceptors (Lipinski definition) is 6. The van der Waals surface area contributed by atoms with Crippen LogP contribution in [0, 0.1) is 0 Å². The molecule has 3 aromatic rings. The summed E-state index contributed by atoms with van der Waals surface area (Å²) in [5.74, 6) is 1.09. The van der Waals surface area contributed by atoms with E-state index in [1.807, 2.05) is 18.2 Å². The van der Waals surface area contributed by atoms with Crippen LogP contribution in [0.15, 0.2) is 78.9 Å². The van der Waals surface area contributed by atoms with Gasteiger partial charge in [-0.25, -0.2) is 4.79 Å². The molecule has 0 unspecified atom stereocenters. The average molecular weight is 545 g/mol. The highest BCUT2D eigenvalue weighted by molar-refractivity contribution is 6.01. The SMILES string of the molecule is C=C(C)C(=O)OCCCc1ccc(-c2ccc(OCCCCC)c(Oc3ccc(C(=O)C(C)(C)O)cc3)c2)cc1. The van der Waals surface area contributed by atoms with Gasteiger partial charge in [0.25, 0.3) is 0 Å². The van der Waals surface area contributed by atoms with E-state index in [9.17, 15) is 14.7 Å². The smallest absolute Gasteiger partial charge is 0.333 e. The second-order valence-electron chi connectivity index (χ2n) is 10.4. The van der Waals surface area contributed by atoms with Crippen LogP contribution in [-0.4, -0.2) is 35.7 Å². The van der Waals surface area contributed by atoms with Crippen LogP contribution in [0.3, 0.4) is 0 Å².